The van der Waals surface area contributed by atoms with Crippen molar-refractivity contribution in [3.63, 3.8) is 0 Å². The van der Waals surface area contributed by atoms with Gasteiger partial charge in [0, 0.05) is 10.8 Å². The summed E-state index contributed by atoms with van der Waals surface area (Å²) in [5.74, 6) is 0.236. The molecule has 78 heavy (non-hydrogen) atoms. The van der Waals surface area contributed by atoms with Gasteiger partial charge in [0.25, 0.3) is 0 Å². The van der Waals surface area contributed by atoms with E-state index in [1.807, 2.05) is 0 Å². The number of rotatable bonds is 17. The first kappa shape index (κ1) is 62.8. The Morgan fingerprint density at radius 3 is 1.65 bits per heavy atom. The SMILES string of the molecule is C[C@H](CC[C@@H](O[C@@H]1O[C@H](CO)[C@@H](O)[C@H](O)[C@H]1O[C@H]1O[C@@H](CO)[C@H](O)[C@@H](O)[C@@H]1O)C(C)(C)O)C1CC[C@@]2(C)C3CC=C4C(CC[C@H](O[C@@H]5O[C@H](CO[C@@H]6O[C@H](CO)[C@@H](O)[C@H](O)[C@H]6O)[C@@H](O)[C@H](O)[C@H]5O)C4(C)C)[C@]3(C)[C@H](O)C[C@]12C. The lowest BCUT2D eigenvalue weighted by Gasteiger charge is -2.67. The van der Waals surface area contributed by atoms with Gasteiger partial charge in [0.2, 0.25) is 0 Å². The molecule has 0 aromatic carbocycles. The van der Waals surface area contributed by atoms with Crippen molar-refractivity contribution in [1.29, 1.82) is 0 Å². The molecule has 4 aliphatic carbocycles. The number of hydrogen-bond donors (Lipinski definition) is 16. The van der Waals surface area contributed by atoms with Gasteiger partial charge in [-0.05, 0) is 99.7 Å². The highest BCUT2D eigenvalue weighted by Gasteiger charge is 2.70. The van der Waals surface area contributed by atoms with Crippen LogP contribution in [0.1, 0.15) is 107 Å². The predicted octanol–water partition coefficient (Wildman–Crippen LogP) is -3.23. The van der Waals surface area contributed by atoms with Crippen LogP contribution in [0.15, 0.2) is 11.6 Å². The second kappa shape index (κ2) is 23.7. The molecule has 4 aliphatic heterocycles. The van der Waals surface area contributed by atoms with Crippen molar-refractivity contribution in [3.8, 4) is 0 Å². The molecule has 0 radical (unpaired) electrons. The standard InChI is InChI=1S/C54H92O24/c1-22(9-13-33(51(4,5)70)77-49-45(41(66)36(61)28(20-57)74-49)78-48-44(69)39(64)35(60)27(19-56)73-48)23-15-16-52(6)30-12-10-24-25(54(30,8)31(58)17-53(23,52)7)11-14-32(50(24,2)3)76-47-43(68)40(65)37(62)29(75-47)21-71-46-42(67)38(63)34(59)26(18-55)72-46/h10,22-23,25-49,55-70H,9,11-21H2,1-8H3/t22-,23?,25?,26-,27+,28-,29-,30?,31-,32+,33-,34-,35+,36-,37-,38+,39-,40+,41+,42-,43-,44+,45-,46-,47+,48-,49+,52+,53-,54+/m1/s1. The second-order valence-corrected chi connectivity index (χ2v) is 25.9. The third-order valence-corrected chi connectivity index (χ3v) is 20.8. The summed E-state index contributed by atoms with van der Waals surface area (Å²) in [4.78, 5) is 0. The lowest BCUT2D eigenvalue weighted by Crippen LogP contribution is -2.65. The summed E-state index contributed by atoms with van der Waals surface area (Å²) in [6.07, 6.45) is -26.9. The maximum atomic E-state index is 12.7. The summed E-state index contributed by atoms with van der Waals surface area (Å²) in [7, 11) is 0. The van der Waals surface area contributed by atoms with E-state index >= 15 is 0 Å². The van der Waals surface area contributed by atoms with Gasteiger partial charge in [-0.1, -0.05) is 53.2 Å². The molecule has 3 saturated carbocycles. The Labute approximate surface area is 455 Å². The molecule has 8 rings (SSSR count). The molecule has 24 nitrogen and oxygen atoms in total. The summed E-state index contributed by atoms with van der Waals surface area (Å²) < 4.78 is 47.5. The van der Waals surface area contributed by atoms with Crippen molar-refractivity contribution in [2.75, 3.05) is 26.4 Å². The van der Waals surface area contributed by atoms with E-state index in [1.54, 1.807) is 13.8 Å². The molecule has 0 amide bonds. The van der Waals surface area contributed by atoms with Gasteiger partial charge in [-0.3, -0.25) is 0 Å². The summed E-state index contributed by atoms with van der Waals surface area (Å²) in [6, 6.07) is 0. The Morgan fingerprint density at radius 2 is 1.09 bits per heavy atom. The van der Waals surface area contributed by atoms with Crippen molar-refractivity contribution in [2.45, 2.75) is 253 Å². The fourth-order valence-electron chi connectivity index (χ4n) is 15.6. The predicted molar refractivity (Wildman–Crippen MR) is 268 cm³/mol. The fourth-order valence-corrected chi connectivity index (χ4v) is 15.6. The quantitative estimate of drug-likeness (QED) is 0.0637. The van der Waals surface area contributed by atoms with Crippen LogP contribution in [0, 0.1) is 45.3 Å². The largest absolute Gasteiger partial charge is 0.394 e. The van der Waals surface area contributed by atoms with E-state index in [1.165, 1.54) is 0 Å². The number of aliphatic hydroxyl groups excluding tert-OH is 15. The number of ether oxygens (including phenoxy) is 8. The van der Waals surface area contributed by atoms with Crippen molar-refractivity contribution >= 4 is 0 Å². The summed E-state index contributed by atoms with van der Waals surface area (Å²) in [5.41, 5.74) is -2.12. The Morgan fingerprint density at radius 1 is 0.590 bits per heavy atom. The molecule has 4 heterocycles. The van der Waals surface area contributed by atoms with E-state index < -0.39 is 184 Å². The topological polar surface area (TPSA) is 398 Å². The smallest absolute Gasteiger partial charge is 0.187 e. The van der Waals surface area contributed by atoms with Crippen molar-refractivity contribution in [3.05, 3.63) is 11.6 Å². The first-order valence-corrected chi connectivity index (χ1v) is 28.0. The van der Waals surface area contributed by atoms with Crippen LogP contribution in [0.2, 0.25) is 0 Å². The van der Waals surface area contributed by atoms with Crippen molar-refractivity contribution in [2.24, 2.45) is 45.3 Å². The van der Waals surface area contributed by atoms with Gasteiger partial charge < -0.3 is 120 Å². The van der Waals surface area contributed by atoms with E-state index in [0.717, 1.165) is 18.4 Å². The van der Waals surface area contributed by atoms with E-state index in [9.17, 15) is 81.7 Å². The molecule has 3 unspecified atom stereocenters. The molecule has 24 heteroatoms. The van der Waals surface area contributed by atoms with Gasteiger partial charge in [-0.15, -0.1) is 0 Å². The van der Waals surface area contributed by atoms with Crippen LogP contribution >= 0.6 is 0 Å². The molecular formula is C54H92O24. The van der Waals surface area contributed by atoms with E-state index in [2.05, 4.69) is 47.6 Å². The number of hydrogen-bond acceptors (Lipinski definition) is 24. The van der Waals surface area contributed by atoms with E-state index in [-0.39, 0.29) is 40.9 Å². The number of aliphatic hydroxyl groups is 16. The molecular weight excluding hydrogens is 1030 g/mol. The highest BCUT2D eigenvalue weighted by Crippen LogP contribution is 2.75. The average Bonchev–Trinajstić information content (AvgIpc) is 2.93. The average molecular weight is 1130 g/mol. The summed E-state index contributed by atoms with van der Waals surface area (Å²) in [5, 5.41) is 172. The normalized spacial score (nSPS) is 51.4. The number of allylic oxidation sites excluding steroid dienone is 1. The van der Waals surface area contributed by atoms with Gasteiger partial charge in [-0.2, -0.15) is 0 Å². The molecule has 4 saturated heterocycles. The van der Waals surface area contributed by atoms with Crippen LogP contribution in [0.5, 0.6) is 0 Å². The third kappa shape index (κ3) is 11.0. The van der Waals surface area contributed by atoms with Gasteiger partial charge in [0.05, 0.1) is 50.3 Å². The monoisotopic (exact) mass is 1120 g/mol. The molecule has 452 valence electrons. The van der Waals surface area contributed by atoms with Gasteiger partial charge >= 0.3 is 0 Å². The molecule has 0 bridgehead atoms. The van der Waals surface area contributed by atoms with Crippen molar-refractivity contribution in [1.82, 2.24) is 0 Å². The summed E-state index contributed by atoms with van der Waals surface area (Å²) >= 11 is 0. The first-order valence-electron chi connectivity index (χ1n) is 28.0. The van der Waals surface area contributed by atoms with Crippen LogP contribution in [-0.4, -0.2) is 255 Å². The van der Waals surface area contributed by atoms with E-state index in [4.69, 9.17) is 37.9 Å². The lowest BCUT2D eigenvalue weighted by atomic mass is 9.38. The highest BCUT2D eigenvalue weighted by atomic mass is 16.8. The maximum Gasteiger partial charge on any atom is 0.187 e. The molecule has 0 aromatic heterocycles. The van der Waals surface area contributed by atoms with Crippen LogP contribution < -0.4 is 0 Å². The van der Waals surface area contributed by atoms with Crippen LogP contribution in [0.3, 0.4) is 0 Å². The maximum absolute atomic E-state index is 12.7. The Balaban J connectivity index is 0.940. The fraction of sp³-hybridized carbons (Fsp3) is 0.963. The Hall–Kier alpha value is -1.22. The van der Waals surface area contributed by atoms with Crippen molar-refractivity contribution < 1.29 is 120 Å². The molecule has 16 N–H and O–H groups in total. The molecule has 8 aliphatic rings. The van der Waals surface area contributed by atoms with Crippen LogP contribution in [0.25, 0.3) is 0 Å². The highest BCUT2D eigenvalue weighted by molar-refractivity contribution is 5.32. The second-order valence-electron chi connectivity index (χ2n) is 25.9. The minimum atomic E-state index is -1.85. The Kier molecular flexibility index (Phi) is 19.1. The summed E-state index contributed by atoms with van der Waals surface area (Å²) in [6.45, 7) is 13.6. The van der Waals surface area contributed by atoms with Gasteiger partial charge in [0.15, 0.2) is 25.2 Å². The van der Waals surface area contributed by atoms with E-state index in [0.29, 0.717) is 32.1 Å². The molecule has 0 spiro atoms. The zero-order chi connectivity index (χ0) is 57.5. The van der Waals surface area contributed by atoms with Gasteiger partial charge in [0.1, 0.15) is 97.7 Å². The zero-order valence-electron chi connectivity index (χ0n) is 46.1. The molecule has 0 aromatic rings. The zero-order valence-corrected chi connectivity index (χ0v) is 46.1. The molecule has 7 fully saturated rings. The molecule has 30 atom stereocenters. The van der Waals surface area contributed by atoms with Crippen LogP contribution in [0.4, 0.5) is 0 Å². The third-order valence-electron chi connectivity index (χ3n) is 20.8. The minimum absolute atomic E-state index is 0.0338. The van der Waals surface area contributed by atoms with Gasteiger partial charge in [-0.25, -0.2) is 0 Å². The Bertz CT molecular complexity index is 2030. The number of fused-ring (bicyclic) bond motifs is 5. The van der Waals surface area contributed by atoms with Crippen LogP contribution in [-0.2, 0) is 37.9 Å². The first-order chi connectivity index (χ1) is 36.4. The lowest BCUT2D eigenvalue weighted by molar-refractivity contribution is -0.375. The minimum Gasteiger partial charge on any atom is -0.394 e.